The number of nitriles is 1. The summed E-state index contributed by atoms with van der Waals surface area (Å²) in [6, 6.07) is 8.22. The van der Waals surface area contributed by atoms with Gasteiger partial charge in [-0.25, -0.2) is 0 Å². The summed E-state index contributed by atoms with van der Waals surface area (Å²) in [5.41, 5.74) is 0.705. The molecule has 0 bridgehead atoms. The van der Waals surface area contributed by atoms with Crippen molar-refractivity contribution in [2.45, 2.75) is 24.9 Å². The first-order valence-electron chi connectivity index (χ1n) is 5.89. The number of hydrogen-bond acceptors (Lipinski definition) is 3. The molecule has 1 heterocycles. The number of halogens is 1. The Kier molecular flexibility index (Phi) is 4.19. The van der Waals surface area contributed by atoms with Gasteiger partial charge in [-0.15, -0.1) is 0 Å². The van der Waals surface area contributed by atoms with Crippen molar-refractivity contribution in [3.05, 3.63) is 34.9 Å². The average molecular weight is 264 g/mol. The highest BCUT2D eigenvalue weighted by Crippen LogP contribution is 2.18. The largest absolute Gasteiger partial charge is 0.335 e. The third kappa shape index (κ3) is 3.00. The van der Waals surface area contributed by atoms with Gasteiger partial charge in [-0.2, -0.15) is 5.26 Å². The molecule has 1 saturated heterocycles. The molecule has 1 aliphatic rings. The molecule has 0 saturated carbocycles. The molecule has 1 unspecified atom stereocenters. The first kappa shape index (κ1) is 12.9. The van der Waals surface area contributed by atoms with Crippen molar-refractivity contribution in [3.8, 4) is 6.07 Å². The molecule has 18 heavy (non-hydrogen) atoms. The normalized spacial score (nSPS) is 20.1. The monoisotopic (exact) mass is 263 g/mol. The quantitative estimate of drug-likeness (QED) is 0.874. The van der Waals surface area contributed by atoms with Gasteiger partial charge in [0.2, 0.25) is 5.91 Å². The SMILES string of the molecule is N#CC(NC(=O)[C@@H]1CCCN1)c1cccc(Cl)c1. The maximum Gasteiger partial charge on any atom is 0.238 e. The van der Waals surface area contributed by atoms with Gasteiger partial charge in [-0.1, -0.05) is 23.7 Å². The minimum atomic E-state index is -0.654. The van der Waals surface area contributed by atoms with Gasteiger partial charge < -0.3 is 10.6 Å². The molecular weight excluding hydrogens is 250 g/mol. The molecule has 0 aliphatic carbocycles. The first-order valence-corrected chi connectivity index (χ1v) is 6.27. The second-order valence-corrected chi connectivity index (χ2v) is 4.71. The smallest absolute Gasteiger partial charge is 0.238 e. The van der Waals surface area contributed by atoms with Gasteiger partial charge in [0, 0.05) is 5.02 Å². The maximum atomic E-state index is 11.9. The van der Waals surface area contributed by atoms with Crippen LogP contribution in [-0.4, -0.2) is 18.5 Å². The molecule has 5 heteroatoms. The second kappa shape index (κ2) is 5.85. The molecule has 2 atom stereocenters. The number of hydrogen-bond donors (Lipinski definition) is 2. The van der Waals surface area contributed by atoms with Gasteiger partial charge in [-0.05, 0) is 37.1 Å². The summed E-state index contributed by atoms with van der Waals surface area (Å²) in [4.78, 5) is 11.9. The summed E-state index contributed by atoms with van der Waals surface area (Å²) in [5.74, 6) is -0.126. The number of nitrogens with one attached hydrogen (secondary N) is 2. The highest BCUT2D eigenvalue weighted by Gasteiger charge is 2.24. The van der Waals surface area contributed by atoms with Crippen LogP contribution in [0.25, 0.3) is 0 Å². The van der Waals surface area contributed by atoms with E-state index < -0.39 is 6.04 Å². The van der Waals surface area contributed by atoms with E-state index in [0.29, 0.717) is 10.6 Å². The van der Waals surface area contributed by atoms with Crippen molar-refractivity contribution < 1.29 is 4.79 Å². The molecule has 1 aromatic rings. The van der Waals surface area contributed by atoms with Crippen LogP contribution in [-0.2, 0) is 4.79 Å². The molecule has 1 aliphatic heterocycles. The number of amides is 1. The number of benzene rings is 1. The molecule has 2 rings (SSSR count). The van der Waals surface area contributed by atoms with Gasteiger partial charge in [0.15, 0.2) is 0 Å². The number of nitrogens with zero attached hydrogens (tertiary/aromatic N) is 1. The predicted molar refractivity (Wildman–Crippen MR) is 69.0 cm³/mol. The zero-order valence-electron chi connectivity index (χ0n) is 9.82. The van der Waals surface area contributed by atoms with Crippen molar-refractivity contribution in [1.82, 2.24) is 10.6 Å². The van der Waals surface area contributed by atoms with Crippen LogP contribution in [0.5, 0.6) is 0 Å². The van der Waals surface area contributed by atoms with Crippen LogP contribution in [0, 0.1) is 11.3 Å². The second-order valence-electron chi connectivity index (χ2n) is 4.27. The molecule has 1 fully saturated rings. The van der Waals surface area contributed by atoms with Crippen molar-refractivity contribution in [3.63, 3.8) is 0 Å². The zero-order valence-corrected chi connectivity index (χ0v) is 10.6. The lowest BCUT2D eigenvalue weighted by Crippen LogP contribution is -2.41. The molecule has 0 radical (unpaired) electrons. The van der Waals surface area contributed by atoms with Crippen molar-refractivity contribution in [2.75, 3.05) is 6.54 Å². The van der Waals surface area contributed by atoms with E-state index >= 15 is 0 Å². The molecule has 0 spiro atoms. The Morgan fingerprint density at radius 3 is 3.06 bits per heavy atom. The van der Waals surface area contributed by atoms with E-state index in [1.807, 2.05) is 0 Å². The summed E-state index contributed by atoms with van der Waals surface area (Å²) in [6.45, 7) is 0.854. The fraction of sp³-hybridized carbons (Fsp3) is 0.385. The molecule has 0 aromatic heterocycles. The van der Waals surface area contributed by atoms with Crippen LogP contribution in [0.3, 0.4) is 0 Å². The first-order chi connectivity index (χ1) is 8.70. The van der Waals surface area contributed by atoms with E-state index in [-0.39, 0.29) is 11.9 Å². The molecule has 1 aromatic carbocycles. The Bertz CT molecular complexity index is 477. The molecule has 94 valence electrons. The highest BCUT2D eigenvalue weighted by atomic mass is 35.5. The Morgan fingerprint density at radius 2 is 2.44 bits per heavy atom. The lowest BCUT2D eigenvalue weighted by Gasteiger charge is -2.15. The summed E-state index contributed by atoms with van der Waals surface area (Å²) in [6.07, 6.45) is 1.81. The number of carbonyl (C=O) groups excluding carboxylic acids is 1. The van der Waals surface area contributed by atoms with E-state index in [1.54, 1.807) is 24.3 Å². The van der Waals surface area contributed by atoms with E-state index in [1.165, 1.54) is 0 Å². The maximum absolute atomic E-state index is 11.9. The molecular formula is C13H14ClN3O. The van der Waals surface area contributed by atoms with Gasteiger partial charge >= 0.3 is 0 Å². The van der Waals surface area contributed by atoms with E-state index in [9.17, 15) is 4.79 Å². The van der Waals surface area contributed by atoms with Gasteiger partial charge in [0.25, 0.3) is 0 Å². The average Bonchev–Trinajstić information content (AvgIpc) is 2.89. The third-order valence-corrected chi connectivity index (χ3v) is 3.21. The van der Waals surface area contributed by atoms with Crippen LogP contribution in [0.2, 0.25) is 5.02 Å². The summed E-state index contributed by atoms with van der Waals surface area (Å²) in [5, 5.41) is 15.5. The Morgan fingerprint density at radius 1 is 1.61 bits per heavy atom. The minimum absolute atomic E-state index is 0.126. The third-order valence-electron chi connectivity index (χ3n) is 2.97. The van der Waals surface area contributed by atoms with E-state index in [4.69, 9.17) is 16.9 Å². The predicted octanol–water partition coefficient (Wildman–Crippen LogP) is 1.77. The Balaban J connectivity index is 2.05. The fourth-order valence-electron chi connectivity index (χ4n) is 2.03. The standard InChI is InChI=1S/C13H14ClN3O/c14-10-4-1-3-9(7-10)12(8-15)17-13(18)11-5-2-6-16-11/h1,3-4,7,11-12,16H,2,5-6H2,(H,17,18)/t11-,12?/m0/s1. The summed E-state index contributed by atoms with van der Waals surface area (Å²) < 4.78 is 0. The molecule has 1 amide bonds. The van der Waals surface area contributed by atoms with Gasteiger partial charge in [0.1, 0.15) is 6.04 Å². The summed E-state index contributed by atoms with van der Waals surface area (Å²) in [7, 11) is 0. The van der Waals surface area contributed by atoms with Crippen LogP contribution in [0.1, 0.15) is 24.4 Å². The van der Waals surface area contributed by atoms with Crippen molar-refractivity contribution in [1.29, 1.82) is 5.26 Å². The lowest BCUT2D eigenvalue weighted by molar-refractivity contribution is -0.123. The van der Waals surface area contributed by atoms with Gasteiger partial charge in [0.05, 0.1) is 12.1 Å². The Labute approximate surface area is 111 Å². The number of rotatable bonds is 3. The zero-order chi connectivity index (χ0) is 13.0. The topological polar surface area (TPSA) is 64.9 Å². The van der Waals surface area contributed by atoms with Crippen LogP contribution in [0.15, 0.2) is 24.3 Å². The van der Waals surface area contributed by atoms with E-state index in [2.05, 4.69) is 16.7 Å². The molecule has 2 N–H and O–H groups in total. The van der Waals surface area contributed by atoms with Crippen molar-refractivity contribution in [2.24, 2.45) is 0 Å². The highest BCUT2D eigenvalue weighted by molar-refractivity contribution is 6.30. The minimum Gasteiger partial charge on any atom is -0.335 e. The van der Waals surface area contributed by atoms with Crippen LogP contribution >= 0.6 is 11.6 Å². The Hall–Kier alpha value is -1.57. The summed E-state index contributed by atoms with van der Waals surface area (Å²) >= 11 is 5.88. The molecule has 4 nitrogen and oxygen atoms in total. The van der Waals surface area contributed by atoms with Crippen LogP contribution in [0.4, 0.5) is 0 Å². The van der Waals surface area contributed by atoms with Crippen LogP contribution < -0.4 is 10.6 Å². The van der Waals surface area contributed by atoms with Crippen molar-refractivity contribution >= 4 is 17.5 Å². The van der Waals surface area contributed by atoms with E-state index in [0.717, 1.165) is 19.4 Å². The fourth-order valence-corrected chi connectivity index (χ4v) is 2.23. The number of carbonyl (C=O) groups is 1. The van der Waals surface area contributed by atoms with Gasteiger partial charge in [-0.3, -0.25) is 4.79 Å². The lowest BCUT2D eigenvalue weighted by atomic mass is 10.1.